The molecule has 2 aromatic heterocycles. The van der Waals surface area contributed by atoms with Crippen LogP contribution in [0.15, 0.2) is 35.3 Å². The standard InChI is InChI=1S/C12H16N2S/c1-10(12-3-5-15-9-12)6-14-8-11-2-4-13-7-11/h2-5,7,9-10,13-14H,6,8H2,1H3. The fourth-order valence-electron chi connectivity index (χ4n) is 1.57. The van der Waals surface area contributed by atoms with Gasteiger partial charge in [0.1, 0.15) is 0 Å². The zero-order valence-electron chi connectivity index (χ0n) is 8.86. The second kappa shape index (κ2) is 5.14. The Morgan fingerprint density at radius 3 is 3.07 bits per heavy atom. The van der Waals surface area contributed by atoms with E-state index in [1.54, 1.807) is 11.3 Å². The van der Waals surface area contributed by atoms with Crippen LogP contribution in [0.5, 0.6) is 0 Å². The van der Waals surface area contributed by atoms with Crippen LogP contribution in [-0.2, 0) is 6.54 Å². The quantitative estimate of drug-likeness (QED) is 0.796. The molecule has 2 N–H and O–H groups in total. The van der Waals surface area contributed by atoms with E-state index in [1.165, 1.54) is 11.1 Å². The van der Waals surface area contributed by atoms with E-state index in [4.69, 9.17) is 0 Å². The molecule has 0 saturated carbocycles. The Morgan fingerprint density at radius 1 is 1.47 bits per heavy atom. The van der Waals surface area contributed by atoms with Gasteiger partial charge in [0.25, 0.3) is 0 Å². The van der Waals surface area contributed by atoms with Crippen LogP contribution in [-0.4, -0.2) is 11.5 Å². The van der Waals surface area contributed by atoms with Gasteiger partial charge in [0.05, 0.1) is 0 Å². The van der Waals surface area contributed by atoms with Gasteiger partial charge in [-0.2, -0.15) is 11.3 Å². The second-order valence-corrected chi connectivity index (χ2v) is 4.59. The fraction of sp³-hybridized carbons (Fsp3) is 0.333. The minimum absolute atomic E-state index is 0.593. The third kappa shape index (κ3) is 2.94. The zero-order chi connectivity index (χ0) is 10.5. The van der Waals surface area contributed by atoms with Crippen molar-refractivity contribution >= 4 is 11.3 Å². The fourth-order valence-corrected chi connectivity index (χ4v) is 2.36. The lowest BCUT2D eigenvalue weighted by molar-refractivity contribution is 0.616. The van der Waals surface area contributed by atoms with Crippen LogP contribution < -0.4 is 5.32 Å². The number of nitrogens with one attached hydrogen (secondary N) is 2. The number of rotatable bonds is 5. The number of H-pyrrole nitrogens is 1. The molecule has 0 aliphatic rings. The van der Waals surface area contributed by atoms with Gasteiger partial charge in [-0.3, -0.25) is 0 Å². The maximum atomic E-state index is 3.46. The third-order valence-electron chi connectivity index (χ3n) is 2.55. The highest BCUT2D eigenvalue weighted by Crippen LogP contribution is 2.17. The van der Waals surface area contributed by atoms with Gasteiger partial charge < -0.3 is 10.3 Å². The summed E-state index contributed by atoms with van der Waals surface area (Å²) in [6, 6.07) is 4.30. The SMILES string of the molecule is CC(CNCc1cc[nH]c1)c1ccsc1. The first kappa shape index (κ1) is 10.5. The number of aromatic amines is 1. The molecular formula is C12H16N2S. The molecule has 0 spiro atoms. The summed E-state index contributed by atoms with van der Waals surface area (Å²) in [4.78, 5) is 3.06. The summed E-state index contributed by atoms with van der Waals surface area (Å²) < 4.78 is 0. The zero-order valence-corrected chi connectivity index (χ0v) is 9.68. The second-order valence-electron chi connectivity index (χ2n) is 3.81. The van der Waals surface area contributed by atoms with E-state index in [2.05, 4.69) is 40.1 Å². The molecule has 15 heavy (non-hydrogen) atoms. The van der Waals surface area contributed by atoms with E-state index in [0.717, 1.165) is 13.1 Å². The van der Waals surface area contributed by atoms with E-state index < -0.39 is 0 Å². The Bertz CT molecular complexity index is 364. The van der Waals surface area contributed by atoms with Crippen molar-refractivity contribution in [1.29, 1.82) is 0 Å². The first-order chi connectivity index (χ1) is 7.36. The van der Waals surface area contributed by atoms with Gasteiger partial charge >= 0.3 is 0 Å². The van der Waals surface area contributed by atoms with E-state index in [0.29, 0.717) is 5.92 Å². The topological polar surface area (TPSA) is 27.8 Å². The molecule has 2 nitrogen and oxygen atoms in total. The Kier molecular flexibility index (Phi) is 3.59. The lowest BCUT2D eigenvalue weighted by Gasteiger charge is -2.10. The highest BCUT2D eigenvalue weighted by molar-refractivity contribution is 7.07. The number of hydrogen-bond donors (Lipinski definition) is 2. The first-order valence-corrected chi connectivity index (χ1v) is 6.15. The van der Waals surface area contributed by atoms with Gasteiger partial charge in [0.2, 0.25) is 0 Å². The van der Waals surface area contributed by atoms with Gasteiger partial charge in [-0.15, -0.1) is 0 Å². The molecule has 0 aromatic carbocycles. The molecule has 80 valence electrons. The van der Waals surface area contributed by atoms with Crippen LogP contribution >= 0.6 is 11.3 Å². The molecule has 1 atom stereocenters. The van der Waals surface area contributed by atoms with Crippen molar-refractivity contribution in [1.82, 2.24) is 10.3 Å². The number of hydrogen-bond acceptors (Lipinski definition) is 2. The van der Waals surface area contributed by atoms with Gasteiger partial charge in [-0.25, -0.2) is 0 Å². The summed E-state index contributed by atoms with van der Waals surface area (Å²) in [6.45, 7) is 4.23. The van der Waals surface area contributed by atoms with E-state index in [-0.39, 0.29) is 0 Å². The molecule has 3 heteroatoms. The molecule has 1 unspecified atom stereocenters. The lowest BCUT2D eigenvalue weighted by atomic mass is 10.1. The first-order valence-electron chi connectivity index (χ1n) is 5.21. The Labute approximate surface area is 94.3 Å². The van der Waals surface area contributed by atoms with Crippen molar-refractivity contribution in [3.8, 4) is 0 Å². The Hall–Kier alpha value is -1.06. The minimum atomic E-state index is 0.593. The molecule has 0 radical (unpaired) electrons. The van der Waals surface area contributed by atoms with Crippen LogP contribution in [0, 0.1) is 0 Å². The van der Waals surface area contributed by atoms with Gasteiger partial charge in [0.15, 0.2) is 0 Å². The summed E-state index contributed by atoms with van der Waals surface area (Å²) in [5.41, 5.74) is 2.74. The summed E-state index contributed by atoms with van der Waals surface area (Å²) in [6.07, 6.45) is 3.99. The van der Waals surface area contributed by atoms with Gasteiger partial charge in [-0.1, -0.05) is 6.92 Å². The number of aromatic nitrogens is 1. The number of thiophene rings is 1. The van der Waals surface area contributed by atoms with Crippen LogP contribution in [0.2, 0.25) is 0 Å². The highest BCUT2D eigenvalue weighted by Gasteiger charge is 2.04. The predicted molar refractivity (Wildman–Crippen MR) is 65.2 cm³/mol. The van der Waals surface area contributed by atoms with Crippen molar-refractivity contribution in [3.05, 3.63) is 46.4 Å². The Balaban J connectivity index is 1.74. The normalized spacial score (nSPS) is 12.9. The lowest BCUT2D eigenvalue weighted by Crippen LogP contribution is -2.19. The summed E-state index contributed by atoms with van der Waals surface area (Å²) in [7, 11) is 0. The molecule has 0 bridgehead atoms. The molecular weight excluding hydrogens is 204 g/mol. The third-order valence-corrected chi connectivity index (χ3v) is 3.26. The van der Waals surface area contributed by atoms with Crippen LogP contribution in [0.1, 0.15) is 24.0 Å². The van der Waals surface area contributed by atoms with Gasteiger partial charge in [0, 0.05) is 25.5 Å². The molecule has 0 aliphatic carbocycles. The molecule has 0 saturated heterocycles. The Morgan fingerprint density at radius 2 is 2.40 bits per heavy atom. The summed E-state index contributed by atoms with van der Waals surface area (Å²) >= 11 is 1.77. The molecule has 2 aromatic rings. The molecule has 2 rings (SSSR count). The molecule has 2 heterocycles. The van der Waals surface area contributed by atoms with Crippen LogP contribution in [0.25, 0.3) is 0 Å². The average Bonchev–Trinajstić information content (AvgIpc) is 2.90. The molecule has 0 amide bonds. The maximum Gasteiger partial charge on any atom is 0.0220 e. The monoisotopic (exact) mass is 220 g/mol. The van der Waals surface area contributed by atoms with Crippen molar-refractivity contribution < 1.29 is 0 Å². The van der Waals surface area contributed by atoms with Crippen LogP contribution in [0.3, 0.4) is 0 Å². The van der Waals surface area contributed by atoms with Crippen molar-refractivity contribution in [2.75, 3.05) is 6.54 Å². The summed E-state index contributed by atoms with van der Waals surface area (Å²) in [5, 5.41) is 7.82. The highest BCUT2D eigenvalue weighted by atomic mass is 32.1. The average molecular weight is 220 g/mol. The maximum absolute atomic E-state index is 3.46. The van der Waals surface area contributed by atoms with Crippen molar-refractivity contribution in [3.63, 3.8) is 0 Å². The van der Waals surface area contributed by atoms with E-state index >= 15 is 0 Å². The van der Waals surface area contributed by atoms with Crippen molar-refractivity contribution in [2.45, 2.75) is 19.4 Å². The molecule has 0 fully saturated rings. The predicted octanol–water partition coefficient (Wildman–Crippen LogP) is 2.97. The largest absolute Gasteiger partial charge is 0.367 e. The van der Waals surface area contributed by atoms with E-state index in [1.807, 2.05) is 12.4 Å². The van der Waals surface area contributed by atoms with Crippen LogP contribution in [0.4, 0.5) is 0 Å². The van der Waals surface area contributed by atoms with E-state index in [9.17, 15) is 0 Å². The molecule has 0 aliphatic heterocycles. The smallest absolute Gasteiger partial charge is 0.0220 e. The van der Waals surface area contributed by atoms with Crippen molar-refractivity contribution in [2.24, 2.45) is 0 Å². The minimum Gasteiger partial charge on any atom is -0.367 e. The van der Waals surface area contributed by atoms with Gasteiger partial charge in [-0.05, 0) is 39.9 Å². The summed E-state index contributed by atoms with van der Waals surface area (Å²) in [5.74, 6) is 0.593.